The fourth-order valence-corrected chi connectivity index (χ4v) is 1.44. The predicted octanol–water partition coefficient (Wildman–Crippen LogP) is -1.13. The van der Waals surface area contributed by atoms with Gasteiger partial charge in [0.25, 0.3) is 0 Å². The molecule has 0 radical (unpaired) electrons. The molecule has 3 heteroatoms. The second-order valence-electron chi connectivity index (χ2n) is 4.35. The van der Waals surface area contributed by atoms with Gasteiger partial charge in [0.1, 0.15) is 0 Å². The molecule has 0 saturated carbocycles. The molecule has 0 N–H and O–H groups in total. The van der Waals surface area contributed by atoms with Crippen LogP contribution in [0.15, 0.2) is 0 Å². The quantitative estimate of drug-likeness (QED) is 0.567. The van der Waals surface area contributed by atoms with E-state index < -0.39 is 0 Å². The number of likely N-dealkylation sites (N-methyl/N-ethyl adjacent to an activating group) is 1. The Kier molecular flexibility index (Phi) is 6.37. The van der Waals surface area contributed by atoms with Crippen LogP contribution in [0.2, 0.25) is 0 Å². The smallest absolute Gasteiger partial charge is 0.661 e. The van der Waals surface area contributed by atoms with Gasteiger partial charge in [-0.15, -0.1) is 13.1 Å². The Labute approximate surface area is 125 Å². The van der Waals surface area contributed by atoms with Gasteiger partial charge in [0.05, 0.1) is 0 Å². The molecule has 1 unspecified atom stereocenters. The van der Waals surface area contributed by atoms with Crippen LogP contribution in [0.25, 0.3) is 5.32 Å². The molecule has 1 heterocycles. The molecule has 1 saturated heterocycles. The van der Waals surface area contributed by atoms with Gasteiger partial charge in [-0.25, -0.2) is 0 Å². The summed E-state index contributed by atoms with van der Waals surface area (Å²) in [5.41, 5.74) is 0.296. The second kappa shape index (κ2) is 5.57. The minimum absolute atomic E-state index is 0. The van der Waals surface area contributed by atoms with Crippen molar-refractivity contribution in [3.05, 3.63) is 5.32 Å². The van der Waals surface area contributed by atoms with Crippen molar-refractivity contribution in [1.82, 2.24) is 4.90 Å². The molecule has 0 aliphatic carbocycles. The zero-order valence-corrected chi connectivity index (χ0v) is 14.0. The van der Waals surface area contributed by atoms with E-state index in [1.54, 1.807) is 0 Å². The van der Waals surface area contributed by atoms with Crippen molar-refractivity contribution < 1.29 is 58.2 Å². The number of hydrogen-bond acceptors (Lipinski definition) is 1. The zero-order valence-electron chi connectivity index (χ0n) is 9.09. The predicted molar refractivity (Wildman–Crippen MR) is 49.0 cm³/mol. The van der Waals surface area contributed by atoms with Crippen LogP contribution in [0.4, 0.5) is 0 Å². The summed E-state index contributed by atoms with van der Waals surface area (Å²) in [4.78, 5) is 2.43. The Morgan fingerprint density at radius 2 is 1.92 bits per heavy atom. The van der Waals surface area contributed by atoms with Crippen molar-refractivity contribution in [2.45, 2.75) is 38.8 Å². The largest absolute Gasteiger partial charge is 1.00 e. The topological polar surface area (TPSA) is 17.3 Å². The molecule has 0 aromatic heterocycles. The molecule has 2 nitrogen and oxygen atoms in total. The number of nitrogens with zero attached hydrogens (tertiary/aromatic N) is 2. The van der Waals surface area contributed by atoms with Crippen molar-refractivity contribution in [1.29, 1.82) is 0 Å². The maximum absolute atomic E-state index is 4.36. The van der Waals surface area contributed by atoms with Gasteiger partial charge in [-0.3, -0.25) is 0 Å². The van der Waals surface area contributed by atoms with Gasteiger partial charge in [0.2, 0.25) is 0 Å². The van der Waals surface area contributed by atoms with E-state index in [4.69, 9.17) is 0 Å². The van der Waals surface area contributed by atoms with E-state index >= 15 is 0 Å². The molecule has 12 heavy (non-hydrogen) atoms. The molecular weight excluding hydrogens is 222 g/mol. The Balaban J connectivity index is 0.00000121. The average Bonchev–Trinajstić information content (AvgIpc) is 2.34. The monoisotopic (exact) mass is 240 g/mol. The summed E-state index contributed by atoms with van der Waals surface area (Å²) < 4.78 is 0. The van der Waals surface area contributed by atoms with E-state index in [-0.39, 0.29) is 58.2 Å². The first-order valence-electron chi connectivity index (χ1n) is 4.38. The third kappa shape index (κ3) is 3.85. The SMILES string of the molecule is CN(C1CC[N-]C1)C(C)(C)C.[Rb+]. The third-order valence-corrected chi connectivity index (χ3v) is 2.57. The Hall–Kier alpha value is 1.73. The molecular formula is C9H19N2Rb. The maximum atomic E-state index is 4.36. The zero-order chi connectivity index (χ0) is 8.48. The molecule has 1 aliphatic rings. The fraction of sp³-hybridized carbons (Fsp3) is 1.00. The van der Waals surface area contributed by atoms with Crippen molar-refractivity contribution >= 4 is 0 Å². The second-order valence-corrected chi connectivity index (χ2v) is 4.35. The minimum Gasteiger partial charge on any atom is -0.661 e. The number of rotatable bonds is 1. The van der Waals surface area contributed by atoms with Crippen LogP contribution >= 0.6 is 0 Å². The van der Waals surface area contributed by atoms with Gasteiger partial charge >= 0.3 is 58.2 Å². The molecule has 0 spiro atoms. The van der Waals surface area contributed by atoms with Gasteiger partial charge < -0.3 is 10.2 Å². The molecule has 0 bridgehead atoms. The number of hydrogen-bond donors (Lipinski definition) is 0. The molecule has 1 rings (SSSR count). The van der Waals surface area contributed by atoms with Crippen molar-refractivity contribution in [3.63, 3.8) is 0 Å². The summed E-state index contributed by atoms with van der Waals surface area (Å²) in [6.45, 7) is 8.86. The normalized spacial score (nSPS) is 24.2. The van der Waals surface area contributed by atoms with E-state index in [1.807, 2.05) is 0 Å². The van der Waals surface area contributed by atoms with Crippen LogP contribution in [0.1, 0.15) is 27.2 Å². The fourth-order valence-electron chi connectivity index (χ4n) is 1.44. The Morgan fingerprint density at radius 3 is 2.25 bits per heavy atom. The summed E-state index contributed by atoms with van der Waals surface area (Å²) in [5, 5.41) is 4.36. The maximum Gasteiger partial charge on any atom is 1.00 e. The molecule has 1 atom stereocenters. The van der Waals surface area contributed by atoms with Gasteiger partial charge in [-0.05, 0) is 33.9 Å². The van der Waals surface area contributed by atoms with E-state index in [0.717, 1.165) is 13.1 Å². The van der Waals surface area contributed by atoms with Crippen molar-refractivity contribution in [2.75, 3.05) is 20.1 Å². The van der Waals surface area contributed by atoms with Crippen LogP contribution in [-0.4, -0.2) is 36.6 Å². The van der Waals surface area contributed by atoms with Crippen LogP contribution < -0.4 is 58.2 Å². The average molecular weight is 241 g/mol. The van der Waals surface area contributed by atoms with Crippen LogP contribution in [0, 0.1) is 0 Å². The third-order valence-electron chi connectivity index (χ3n) is 2.57. The summed E-state index contributed by atoms with van der Waals surface area (Å²) >= 11 is 0. The van der Waals surface area contributed by atoms with Crippen molar-refractivity contribution in [2.24, 2.45) is 0 Å². The van der Waals surface area contributed by atoms with Gasteiger partial charge in [-0.2, -0.15) is 0 Å². The van der Waals surface area contributed by atoms with Crippen LogP contribution in [0.3, 0.4) is 0 Å². The molecule has 66 valence electrons. The molecule has 1 aliphatic heterocycles. The first-order chi connectivity index (χ1) is 5.02. The standard InChI is InChI=1S/C9H19N2.Rb/c1-9(2,3)11(4)8-5-6-10-7-8;/h8H,5-7H2,1-4H3;/q-1;+1. The van der Waals surface area contributed by atoms with Crippen LogP contribution in [0.5, 0.6) is 0 Å². The van der Waals surface area contributed by atoms with Crippen LogP contribution in [-0.2, 0) is 0 Å². The molecule has 0 aromatic rings. The summed E-state index contributed by atoms with van der Waals surface area (Å²) in [6, 6.07) is 0.690. The minimum atomic E-state index is 0. The van der Waals surface area contributed by atoms with Crippen molar-refractivity contribution in [3.8, 4) is 0 Å². The first-order valence-corrected chi connectivity index (χ1v) is 4.38. The Bertz CT molecular complexity index is 125. The van der Waals surface area contributed by atoms with E-state index in [2.05, 4.69) is 38.0 Å². The summed E-state index contributed by atoms with van der Waals surface area (Å²) in [7, 11) is 2.20. The van der Waals surface area contributed by atoms with E-state index in [1.165, 1.54) is 6.42 Å². The Morgan fingerprint density at radius 1 is 1.33 bits per heavy atom. The molecule has 0 amide bonds. The van der Waals surface area contributed by atoms with Gasteiger partial charge in [0.15, 0.2) is 0 Å². The van der Waals surface area contributed by atoms with E-state index in [0.29, 0.717) is 11.6 Å². The van der Waals surface area contributed by atoms with Gasteiger partial charge in [-0.1, -0.05) is 6.42 Å². The van der Waals surface area contributed by atoms with Gasteiger partial charge in [0, 0.05) is 5.54 Å². The molecule has 1 fully saturated rings. The molecule has 0 aromatic carbocycles. The first kappa shape index (κ1) is 13.7. The summed E-state index contributed by atoms with van der Waals surface area (Å²) in [6.07, 6.45) is 1.24. The summed E-state index contributed by atoms with van der Waals surface area (Å²) in [5.74, 6) is 0. The van der Waals surface area contributed by atoms with E-state index in [9.17, 15) is 0 Å².